The first kappa shape index (κ1) is 18.4. The topological polar surface area (TPSA) is 85.6 Å². The predicted molar refractivity (Wildman–Crippen MR) is 95.9 cm³/mol. The summed E-state index contributed by atoms with van der Waals surface area (Å²) in [6, 6.07) is 7.64. The summed E-state index contributed by atoms with van der Waals surface area (Å²) in [7, 11) is 3.52. The number of carbonyl (C=O) groups is 1. The molecule has 0 amide bonds. The van der Waals surface area contributed by atoms with Crippen LogP contribution >= 0.6 is 0 Å². The second-order valence-corrected chi connectivity index (χ2v) is 6.62. The van der Waals surface area contributed by atoms with Crippen molar-refractivity contribution in [2.45, 2.75) is 37.5 Å². The van der Waals surface area contributed by atoms with Gasteiger partial charge in [-0.25, -0.2) is 4.98 Å². The van der Waals surface area contributed by atoms with Crippen LogP contribution in [-0.4, -0.2) is 52.5 Å². The van der Waals surface area contributed by atoms with Crippen molar-refractivity contribution in [2.24, 2.45) is 7.05 Å². The van der Waals surface area contributed by atoms with Gasteiger partial charge in [-0.1, -0.05) is 12.1 Å². The van der Waals surface area contributed by atoms with Crippen molar-refractivity contribution in [3.63, 3.8) is 0 Å². The Morgan fingerprint density at radius 1 is 1.38 bits per heavy atom. The van der Waals surface area contributed by atoms with Gasteiger partial charge in [0.25, 0.3) is 0 Å². The Balaban J connectivity index is 1.54. The van der Waals surface area contributed by atoms with E-state index in [1.54, 1.807) is 13.4 Å². The molecule has 7 nitrogen and oxygen atoms in total. The van der Waals surface area contributed by atoms with Gasteiger partial charge in [-0.3, -0.25) is 4.79 Å². The number of esters is 1. The van der Waals surface area contributed by atoms with Gasteiger partial charge in [-0.15, -0.1) is 0 Å². The standard InChI is InChI=1S/C19H25N3O4/c1-22-11-14(21-12-22)5-8-18(24)26-19-16(20-10-17(19)23)9-13-3-6-15(25-2)7-4-13/h3-4,6-7,11-12,16-17,19-20,23H,5,8-10H2,1-2H3/t16-,17+,19+/m1/s1. The molecule has 1 fully saturated rings. The van der Waals surface area contributed by atoms with Gasteiger partial charge in [-0.2, -0.15) is 0 Å². The molecule has 0 radical (unpaired) electrons. The highest BCUT2D eigenvalue weighted by Crippen LogP contribution is 2.20. The molecule has 1 aliphatic heterocycles. The highest BCUT2D eigenvalue weighted by Gasteiger charge is 2.37. The Kier molecular flexibility index (Phi) is 5.90. The molecular formula is C19H25N3O4. The normalized spacial score (nSPS) is 22.3. The van der Waals surface area contributed by atoms with E-state index in [2.05, 4.69) is 10.3 Å². The number of imidazole rings is 1. The number of benzene rings is 1. The monoisotopic (exact) mass is 359 g/mol. The van der Waals surface area contributed by atoms with Crippen LogP contribution in [0.3, 0.4) is 0 Å². The van der Waals surface area contributed by atoms with Crippen LogP contribution < -0.4 is 10.1 Å². The number of aryl methyl sites for hydroxylation is 2. The number of aliphatic hydroxyl groups excluding tert-OH is 1. The average molecular weight is 359 g/mol. The first-order valence-corrected chi connectivity index (χ1v) is 8.76. The minimum Gasteiger partial charge on any atom is -0.497 e. The second-order valence-electron chi connectivity index (χ2n) is 6.62. The quantitative estimate of drug-likeness (QED) is 0.713. The largest absolute Gasteiger partial charge is 0.497 e. The SMILES string of the molecule is COc1ccc(C[C@H]2NC[C@H](O)[C@H]2OC(=O)CCc2cn(C)cn2)cc1. The zero-order valence-corrected chi connectivity index (χ0v) is 15.1. The first-order chi connectivity index (χ1) is 12.5. The average Bonchev–Trinajstić information content (AvgIpc) is 3.21. The molecule has 7 heteroatoms. The summed E-state index contributed by atoms with van der Waals surface area (Å²) < 4.78 is 12.6. The molecule has 26 heavy (non-hydrogen) atoms. The number of nitrogens with one attached hydrogen (secondary N) is 1. The fourth-order valence-corrected chi connectivity index (χ4v) is 3.17. The third-order valence-electron chi connectivity index (χ3n) is 4.59. The smallest absolute Gasteiger partial charge is 0.306 e. The van der Waals surface area contributed by atoms with Crippen LogP contribution in [0.1, 0.15) is 17.7 Å². The number of rotatable bonds is 7. The molecule has 3 rings (SSSR count). The minimum atomic E-state index is -0.697. The lowest BCUT2D eigenvalue weighted by molar-refractivity contribution is -0.154. The number of aromatic nitrogens is 2. The Bertz CT molecular complexity index is 729. The second kappa shape index (κ2) is 8.33. The van der Waals surface area contributed by atoms with Crippen LogP contribution in [-0.2, 0) is 29.4 Å². The van der Waals surface area contributed by atoms with Gasteiger partial charge in [0.1, 0.15) is 18.0 Å². The lowest BCUT2D eigenvalue weighted by Gasteiger charge is -2.22. The molecule has 1 aromatic heterocycles. The number of carbonyl (C=O) groups excluding carboxylic acids is 1. The molecule has 1 saturated heterocycles. The van der Waals surface area contributed by atoms with Gasteiger partial charge in [0.15, 0.2) is 0 Å². The number of aliphatic hydroxyl groups is 1. The molecule has 1 aromatic carbocycles. The summed E-state index contributed by atoms with van der Waals surface area (Å²) in [6.45, 7) is 0.416. The van der Waals surface area contributed by atoms with E-state index in [0.717, 1.165) is 17.0 Å². The summed E-state index contributed by atoms with van der Waals surface area (Å²) in [5, 5.41) is 13.4. The van der Waals surface area contributed by atoms with Crippen molar-refractivity contribution in [2.75, 3.05) is 13.7 Å². The van der Waals surface area contributed by atoms with Crippen LogP contribution in [0.25, 0.3) is 0 Å². The minimum absolute atomic E-state index is 0.114. The maximum atomic E-state index is 12.2. The van der Waals surface area contributed by atoms with E-state index in [1.165, 1.54) is 0 Å². The molecule has 2 heterocycles. The van der Waals surface area contributed by atoms with E-state index < -0.39 is 12.2 Å². The van der Waals surface area contributed by atoms with Crippen molar-refractivity contribution in [3.05, 3.63) is 48.0 Å². The number of β-amino-alcohol motifs (C(OH)–C–C–N with tert-alkyl or cyclic N) is 1. The van der Waals surface area contributed by atoms with Crippen LogP contribution in [0.5, 0.6) is 5.75 Å². The van der Waals surface area contributed by atoms with Crippen LogP contribution in [0.2, 0.25) is 0 Å². The summed E-state index contributed by atoms with van der Waals surface area (Å²) in [5.41, 5.74) is 1.94. The zero-order valence-electron chi connectivity index (χ0n) is 15.1. The van der Waals surface area contributed by atoms with Crippen LogP contribution in [0.15, 0.2) is 36.8 Å². The Morgan fingerprint density at radius 2 is 2.15 bits per heavy atom. The van der Waals surface area contributed by atoms with Gasteiger partial charge < -0.3 is 24.5 Å². The molecule has 2 N–H and O–H groups in total. The van der Waals surface area contributed by atoms with Crippen LogP contribution in [0, 0.1) is 0 Å². The van der Waals surface area contributed by atoms with Crippen molar-refractivity contribution < 1.29 is 19.4 Å². The molecule has 0 saturated carbocycles. The lowest BCUT2D eigenvalue weighted by atomic mass is 10.0. The van der Waals surface area contributed by atoms with Gasteiger partial charge in [0.2, 0.25) is 0 Å². The van der Waals surface area contributed by atoms with Crippen molar-refractivity contribution >= 4 is 5.97 Å². The van der Waals surface area contributed by atoms with E-state index in [1.807, 2.05) is 42.1 Å². The molecule has 3 atom stereocenters. The van der Waals surface area contributed by atoms with Gasteiger partial charge >= 0.3 is 5.97 Å². The highest BCUT2D eigenvalue weighted by atomic mass is 16.6. The van der Waals surface area contributed by atoms with Gasteiger partial charge in [0, 0.05) is 26.2 Å². The molecular weight excluding hydrogens is 334 g/mol. The summed E-state index contributed by atoms with van der Waals surface area (Å²) in [4.78, 5) is 16.4. The molecule has 140 valence electrons. The van der Waals surface area contributed by atoms with Gasteiger partial charge in [0.05, 0.1) is 31.6 Å². The Labute approximate surface area is 153 Å². The molecule has 0 bridgehead atoms. The van der Waals surface area contributed by atoms with E-state index in [0.29, 0.717) is 19.4 Å². The molecule has 0 unspecified atom stereocenters. The number of methoxy groups -OCH3 is 1. The zero-order chi connectivity index (χ0) is 18.5. The van der Waals surface area contributed by atoms with E-state index >= 15 is 0 Å². The van der Waals surface area contributed by atoms with Gasteiger partial charge in [-0.05, 0) is 24.1 Å². The van der Waals surface area contributed by atoms with Crippen molar-refractivity contribution in [3.8, 4) is 5.75 Å². The van der Waals surface area contributed by atoms with Crippen molar-refractivity contribution in [1.29, 1.82) is 0 Å². The number of hydrogen-bond donors (Lipinski definition) is 2. The maximum Gasteiger partial charge on any atom is 0.306 e. The van der Waals surface area contributed by atoms with Crippen molar-refractivity contribution in [1.82, 2.24) is 14.9 Å². The molecule has 2 aromatic rings. The lowest BCUT2D eigenvalue weighted by Crippen LogP contribution is -2.39. The fourth-order valence-electron chi connectivity index (χ4n) is 3.17. The number of ether oxygens (including phenoxy) is 2. The highest BCUT2D eigenvalue weighted by molar-refractivity contribution is 5.70. The number of nitrogens with zero attached hydrogens (tertiary/aromatic N) is 2. The maximum absolute atomic E-state index is 12.2. The Morgan fingerprint density at radius 3 is 2.81 bits per heavy atom. The van der Waals surface area contributed by atoms with E-state index in [9.17, 15) is 9.90 Å². The fraction of sp³-hybridized carbons (Fsp3) is 0.474. The molecule has 1 aliphatic rings. The predicted octanol–water partition coefficient (Wildman–Crippen LogP) is 0.848. The third-order valence-corrected chi connectivity index (χ3v) is 4.59. The first-order valence-electron chi connectivity index (χ1n) is 8.76. The van der Waals surface area contributed by atoms with E-state index in [4.69, 9.17) is 9.47 Å². The molecule has 0 spiro atoms. The summed E-state index contributed by atoms with van der Waals surface area (Å²) in [6.07, 6.45) is 3.78. The Hall–Kier alpha value is -2.38. The van der Waals surface area contributed by atoms with Crippen LogP contribution in [0.4, 0.5) is 0 Å². The number of hydrogen-bond acceptors (Lipinski definition) is 6. The summed E-state index contributed by atoms with van der Waals surface area (Å²) >= 11 is 0. The third kappa shape index (κ3) is 4.62. The molecule has 0 aliphatic carbocycles. The van der Waals surface area contributed by atoms with E-state index in [-0.39, 0.29) is 18.4 Å². The summed E-state index contributed by atoms with van der Waals surface area (Å²) in [5.74, 6) is 0.480.